The maximum atomic E-state index is 13.4. The molecule has 0 atom stereocenters. The number of hydrogen-bond donors (Lipinski definition) is 1. The molecule has 1 N–H and O–H groups in total. The lowest BCUT2D eigenvalue weighted by atomic mass is 10.3. The Hall–Kier alpha value is -2.29. The molecule has 3 rings (SSSR count). The summed E-state index contributed by atoms with van der Waals surface area (Å²) >= 11 is 6.13. The van der Waals surface area contributed by atoms with Crippen LogP contribution in [0.2, 0.25) is 5.02 Å². The zero-order valence-electron chi connectivity index (χ0n) is 17.6. The van der Waals surface area contributed by atoms with Crippen LogP contribution in [0.3, 0.4) is 0 Å². The topological polar surface area (TPSA) is 79.0 Å². The molecule has 1 aliphatic rings. The molecule has 0 radical (unpaired) electrons. The minimum atomic E-state index is -4.02. The zero-order chi connectivity index (χ0) is 22.3. The van der Waals surface area contributed by atoms with Crippen molar-refractivity contribution < 1.29 is 17.9 Å². The summed E-state index contributed by atoms with van der Waals surface area (Å²) in [6.45, 7) is 3.24. The Bertz CT molecular complexity index is 980. The summed E-state index contributed by atoms with van der Waals surface area (Å²) < 4.78 is 33.2. The average molecular weight is 466 g/mol. The van der Waals surface area contributed by atoms with Gasteiger partial charge in [0.25, 0.3) is 10.0 Å². The van der Waals surface area contributed by atoms with Gasteiger partial charge in [-0.15, -0.1) is 0 Å². The Balaban J connectivity index is 1.78. The minimum Gasteiger partial charge on any atom is -0.495 e. The predicted molar refractivity (Wildman–Crippen MR) is 122 cm³/mol. The summed E-state index contributed by atoms with van der Waals surface area (Å²) in [4.78, 5) is 15.1. The van der Waals surface area contributed by atoms with Gasteiger partial charge in [0.05, 0.1) is 17.7 Å². The molecule has 2 aromatic carbocycles. The first kappa shape index (κ1) is 23.4. The minimum absolute atomic E-state index is 0.0823. The molecule has 1 fully saturated rings. The van der Waals surface area contributed by atoms with Crippen LogP contribution in [0.5, 0.6) is 5.75 Å². The van der Waals surface area contributed by atoms with E-state index in [1.54, 1.807) is 30.3 Å². The second kappa shape index (κ2) is 10.8. The van der Waals surface area contributed by atoms with Gasteiger partial charge in [0.2, 0.25) is 5.91 Å². The highest BCUT2D eigenvalue weighted by Gasteiger charge is 2.29. The molecule has 0 aromatic heterocycles. The molecule has 0 bridgehead atoms. The van der Waals surface area contributed by atoms with Crippen molar-refractivity contribution >= 4 is 33.2 Å². The van der Waals surface area contributed by atoms with Crippen LogP contribution in [0, 0.1) is 0 Å². The van der Waals surface area contributed by atoms with Crippen molar-refractivity contribution in [3.63, 3.8) is 0 Å². The molecule has 1 saturated heterocycles. The number of likely N-dealkylation sites (tertiary alicyclic amines) is 1. The number of ether oxygens (including phenoxy) is 1. The number of nitrogens with one attached hydrogen (secondary N) is 1. The lowest BCUT2D eigenvalue weighted by Gasteiger charge is -2.26. The molecule has 0 spiro atoms. The highest BCUT2D eigenvalue weighted by atomic mass is 35.5. The van der Waals surface area contributed by atoms with Crippen molar-refractivity contribution in [2.75, 3.05) is 44.1 Å². The number of halogens is 1. The van der Waals surface area contributed by atoms with Gasteiger partial charge in [0.1, 0.15) is 12.3 Å². The van der Waals surface area contributed by atoms with Gasteiger partial charge in [-0.25, -0.2) is 8.42 Å². The summed E-state index contributed by atoms with van der Waals surface area (Å²) in [5.41, 5.74) is 0.214. The van der Waals surface area contributed by atoms with Gasteiger partial charge >= 0.3 is 0 Å². The third-order valence-corrected chi connectivity index (χ3v) is 7.21. The molecular formula is C22H28ClN3O4S. The number of rotatable bonds is 10. The van der Waals surface area contributed by atoms with E-state index in [-0.39, 0.29) is 23.0 Å². The highest BCUT2D eigenvalue weighted by molar-refractivity contribution is 7.92. The van der Waals surface area contributed by atoms with Crippen LogP contribution >= 0.6 is 11.6 Å². The van der Waals surface area contributed by atoms with E-state index in [1.807, 2.05) is 0 Å². The number of amides is 1. The molecule has 9 heteroatoms. The fourth-order valence-corrected chi connectivity index (χ4v) is 5.21. The van der Waals surface area contributed by atoms with Crippen molar-refractivity contribution in [3.05, 3.63) is 53.6 Å². The molecule has 1 amide bonds. The van der Waals surface area contributed by atoms with E-state index in [0.29, 0.717) is 17.3 Å². The smallest absolute Gasteiger partial charge is 0.264 e. The van der Waals surface area contributed by atoms with Crippen LogP contribution in [0.4, 0.5) is 5.69 Å². The Kier molecular flexibility index (Phi) is 8.17. The Morgan fingerprint density at radius 1 is 1.16 bits per heavy atom. The average Bonchev–Trinajstić information content (AvgIpc) is 3.29. The third-order valence-electron chi connectivity index (χ3n) is 5.20. The highest BCUT2D eigenvalue weighted by Crippen LogP contribution is 2.34. The molecule has 0 unspecified atom stereocenters. The van der Waals surface area contributed by atoms with E-state index in [0.717, 1.165) is 30.4 Å². The van der Waals surface area contributed by atoms with Gasteiger partial charge in [-0.3, -0.25) is 9.10 Å². The van der Waals surface area contributed by atoms with Crippen molar-refractivity contribution in [3.8, 4) is 5.75 Å². The number of methoxy groups -OCH3 is 1. The van der Waals surface area contributed by atoms with E-state index in [1.165, 1.54) is 38.2 Å². The first-order valence-corrected chi connectivity index (χ1v) is 12.1. The van der Waals surface area contributed by atoms with Gasteiger partial charge in [-0.1, -0.05) is 29.8 Å². The summed E-state index contributed by atoms with van der Waals surface area (Å²) in [5.74, 6) is -0.0753. The van der Waals surface area contributed by atoms with Crippen molar-refractivity contribution in [1.82, 2.24) is 10.2 Å². The normalized spacial score (nSPS) is 14.4. The Morgan fingerprint density at radius 3 is 2.55 bits per heavy atom. The van der Waals surface area contributed by atoms with Crippen LogP contribution in [0.1, 0.15) is 19.3 Å². The molecule has 0 saturated carbocycles. The van der Waals surface area contributed by atoms with Crippen LogP contribution in [-0.2, 0) is 14.8 Å². The maximum Gasteiger partial charge on any atom is 0.264 e. The zero-order valence-corrected chi connectivity index (χ0v) is 19.2. The number of nitrogens with zero attached hydrogens (tertiary/aromatic N) is 2. The van der Waals surface area contributed by atoms with Crippen LogP contribution < -0.4 is 14.4 Å². The molecule has 31 heavy (non-hydrogen) atoms. The van der Waals surface area contributed by atoms with E-state index < -0.39 is 10.0 Å². The largest absolute Gasteiger partial charge is 0.495 e. The van der Waals surface area contributed by atoms with E-state index in [2.05, 4.69) is 10.2 Å². The summed E-state index contributed by atoms with van der Waals surface area (Å²) in [5, 5.41) is 3.18. The Morgan fingerprint density at radius 2 is 1.87 bits per heavy atom. The fourth-order valence-electron chi connectivity index (χ4n) is 3.60. The molecule has 1 aliphatic heterocycles. The van der Waals surface area contributed by atoms with Crippen molar-refractivity contribution in [1.29, 1.82) is 0 Å². The number of anilines is 1. The van der Waals surface area contributed by atoms with Gasteiger partial charge in [0.15, 0.2) is 0 Å². The van der Waals surface area contributed by atoms with Gasteiger partial charge in [-0.2, -0.15) is 0 Å². The van der Waals surface area contributed by atoms with Crippen LogP contribution in [-0.4, -0.2) is 59.1 Å². The Labute approximate surface area is 189 Å². The molecule has 7 nitrogen and oxygen atoms in total. The monoisotopic (exact) mass is 465 g/mol. The second-order valence-corrected chi connectivity index (χ2v) is 9.69. The number of hydrogen-bond acceptors (Lipinski definition) is 5. The first-order chi connectivity index (χ1) is 14.9. The van der Waals surface area contributed by atoms with Crippen LogP contribution in [0.25, 0.3) is 0 Å². The number of benzene rings is 2. The lowest BCUT2D eigenvalue weighted by Crippen LogP contribution is -2.41. The number of carbonyl (C=O) groups excluding carboxylic acids is 1. The van der Waals surface area contributed by atoms with E-state index >= 15 is 0 Å². The van der Waals surface area contributed by atoms with Crippen molar-refractivity contribution in [2.24, 2.45) is 0 Å². The second-order valence-electron chi connectivity index (χ2n) is 7.39. The van der Waals surface area contributed by atoms with Gasteiger partial charge < -0.3 is 15.0 Å². The van der Waals surface area contributed by atoms with E-state index in [4.69, 9.17) is 16.3 Å². The molecule has 0 aliphatic carbocycles. The van der Waals surface area contributed by atoms with Gasteiger partial charge in [0, 0.05) is 11.6 Å². The number of carbonyl (C=O) groups is 1. The standard InChI is InChI=1S/C22H28ClN3O4S/c1-30-21-11-10-18(23)16-20(21)26(31(28,29)19-8-3-2-4-9-19)17-22(27)24-12-7-15-25-13-5-6-14-25/h2-4,8-11,16H,5-7,12-15,17H2,1H3,(H,24,27). The van der Waals surface area contributed by atoms with Crippen LogP contribution in [0.15, 0.2) is 53.4 Å². The first-order valence-electron chi connectivity index (χ1n) is 10.3. The quantitative estimate of drug-likeness (QED) is 0.545. The fraction of sp³-hybridized carbons (Fsp3) is 0.409. The molecule has 1 heterocycles. The summed E-state index contributed by atoms with van der Waals surface area (Å²) in [7, 11) is -2.57. The lowest BCUT2D eigenvalue weighted by molar-refractivity contribution is -0.119. The summed E-state index contributed by atoms with van der Waals surface area (Å²) in [6, 6.07) is 12.7. The third kappa shape index (κ3) is 6.12. The van der Waals surface area contributed by atoms with Crippen molar-refractivity contribution in [2.45, 2.75) is 24.2 Å². The predicted octanol–water partition coefficient (Wildman–Crippen LogP) is 3.15. The number of sulfonamides is 1. The SMILES string of the molecule is COc1ccc(Cl)cc1N(CC(=O)NCCCN1CCCC1)S(=O)(=O)c1ccccc1. The van der Waals surface area contributed by atoms with Gasteiger partial charge in [-0.05, 0) is 69.2 Å². The van der Waals surface area contributed by atoms with E-state index in [9.17, 15) is 13.2 Å². The molecule has 168 valence electrons. The molecular weight excluding hydrogens is 438 g/mol. The maximum absolute atomic E-state index is 13.4. The molecule has 2 aromatic rings. The summed E-state index contributed by atoms with van der Waals surface area (Å²) in [6.07, 6.45) is 3.26.